The number of aromatic nitrogens is 2. The first-order valence-electron chi connectivity index (χ1n) is 11.0. The van der Waals surface area contributed by atoms with E-state index in [2.05, 4.69) is 53.4 Å². The Bertz CT molecular complexity index is 780. The van der Waals surface area contributed by atoms with E-state index in [0.717, 1.165) is 51.0 Å². The molecular formula is C23H33N5O. The molecule has 1 amide bonds. The minimum Gasteiger partial charge on any atom is -0.371 e. The maximum atomic E-state index is 12.1. The SMILES string of the molecule is CC(CCn1cccn1)NC1CCN(c2ccc(N3C(=O)CCC3C)cc2)CC1. The van der Waals surface area contributed by atoms with Crippen LogP contribution in [0.1, 0.15) is 46.0 Å². The van der Waals surface area contributed by atoms with Crippen LogP contribution in [0.5, 0.6) is 0 Å². The maximum Gasteiger partial charge on any atom is 0.227 e. The minimum atomic E-state index is 0.249. The lowest BCUT2D eigenvalue weighted by molar-refractivity contribution is -0.117. The molecule has 2 aliphatic heterocycles. The number of carbonyl (C=O) groups excluding carboxylic acids is 1. The minimum absolute atomic E-state index is 0.249. The van der Waals surface area contributed by atoms with Crippen LogP contribution >= 0.6 is 0 Å². The third kappa shape index (κ3) is 4.81. The Morgan fingerprint density at radius 1 is 1.14 bits per heavy atom. The van der Waals surface area contributed by atoms with Crippen molar-refractivity contribution >= 4 is 17.3 Å². The number of rotatable bonds is 7. The summed E-state index contributed by atoms with van der Waals surface area (Å²) in [7, 11) is 0. The van der Waals surface area contributed by atoms with E-state index in [1.54, 1.807) is 0 Å². The highest BCUT2D eigenvalue weighted by Gasteiger charge is 2.29. The molecule has 1 aromatic carbocycles. The summed E-state index contributed by atoms with van der Waals surface area (Å²) in [5, 5.41) is 8.08. The average Bonchev–Trinajstić information content (AvgIpc) is 3.37. The van der Waals surface area contributed by atoms with Crippen molar-refractivity contribution < 1.29 is 4.79 Å². The molecule has 0 spiro atoms. The van der Waals surface area contributed by atoms with Crippen LogP contribution in [0.15, 0.2) is 42.7 Å². The molecule has 2 fully saturated rings. The van der Waals surface area contributed by atoms with Crippen molar-refractivity contribution in [1.29, 1.82) is 0 Å². The van der Waals surface area contributed by atoms with Gasteiger partial charge in [-0.3, -0.25) is 9.48 Å². The highest BCUT2D eigenvalue weighted by molar-refractivity contribution is 5.96. The van der Waals surface area contributed by atoms with Crippen LogP contribution < -0.4 is 15.1 Å². The van der Waals surface area contributed by atoms with Crippen molar-refractivity contribution in [3.8, 4) is 0 Å². The molecule has 2 aliphatic rings. The summed E-state index contributed by atoms with van der Waals surface area (Å²) in [5.41, 5.74) is 2.30. The molecule has 4 rings (SSSR count). The third-order valence-electron chi connectivity index (χ3n) is 6.34. The summed E-state index contributed by atoms with van der Waals surface area (Å²) in [6.45, 7) is 7.51. The highest BCUT2D eigenvalue weighted by Crippen LogP contribution is 2.29. The number of aryl methyl sites for hydroxylation is 1. The van der Waals surface area contributed by atoms with Crippen molar-refractivity contribution in [3.63, 3.8) is 0 Å². The van der Waals surface area contributed by atoms with Crippen LogP contribution in [0, 0.1) is 0 Å². The van der Waals surface area contributed by atoms with Gasteiger partial charge in [0.1, 0.15) is 0 Å². The number of nitrogens with zero attached hydrogens (tertiary/aromatic N) is 4. The molecule has 2 atom stereocenters. The second-order valence-electron chi connectivity index (χ2n) is 8.55. The monoisotopic (exact) mass is 395 g/mol. The van der Waals surface area contributed by atoms with E-state index in [1.807, 2.05) is 28.0 Å². The van der Waals surface area contributed by atoms with Gasteiger partial charge in [-0.25, -0.2) is 0 Å². The lowest BCUT2D eigenvalue weighted by Gasteiger charge is -2.35. The fourth-order valence-corrected chi connectivity index (χ4v) is 4.60. The van der Waals surface area contributed by atoms with Gasteiger partial charge in [0.25, 0.3) is 0 Å². The van der Waals surface area contributed by atoms with Crippen molar-refractivity contribution in [1.82, 2.24) is 15.1 Å². The molecule has 29 heavy (non-hydrogen) atoms. The first kappa shape index (κ1) is 20.0. The van der Waals surface area contributed by atoms with E-state index >= 15 is 0 Å². The van der Waals surface area contributed by atoms with E-state index < -0.39 is 0 Å². The van der Waals surface area contributed by atoms with Crippen molar-refractivity contribution in [2.24, 2.45) is 0 Å². The van der Waals surface area contributed by atoms with Gasteiger partial charge in [0.2, 0.25) is 5.91 Å². The Labute approximate surface area is 173 Å². The smallest absolute Gasteiger partial charge is 0.227 e. The van der Waals surface area contributed by atoms with Crippen LogP contribution in [0.3, 0.4) is 0 Å². The zero-order valence-corrected chi connectivity index (χ0v) is 17.6. The van der Waals surface area contributed by atoms with E-state index in [1.165, 1.54) is 5.69 Å². The Kier molecular flexibility index (Phi) is 6.19. The quantitative estimate of drug-likeness (QED) is 0.780. The van der Waals surface area contributed by atoms with Gasteiger partial charge in [0.05, 0.1) is 0 Å². The van der Waals surface area contributed by atoms with Crippen molar-refractivity contribution in [2.45, 2.75) is 70.6 Å². The zero-order chi connectivity index (χ0) is 20.2. The molecule has 6 heteroatoms. The van der Waals surface area contributed by atoms with Gasteiger partial charge >= 0.3 is 0 Å². The Morgan fingerprint density at radius 2 is 1.86 bits per heavy atom. The number of piperidine rings is 1. The molecule has 2 saturated heterocycles. The van der Waals surface area contributed by atoms with Gasteiger partial charge in [-0.2, -0.15) is 5.10 Å². The Hall–Kier alpha value is -2.34. The zero-order valence-electron chi connectivity index (χ0n) is 17.6. The Morgan fingerprint density at radius 3 is 2.48 bits per heavy atom. The molecule has 6 nitrogen and oxygen atoms in total. The van der Waals surface area contributed by atoms with E-state index in [4.69, 9.17) is 0 Å². The molecule has 0 aliphatic carbocycles. The van der Waals surface area contributed by atoms with E-state index in [9.17, 15) is 4.79 Å². The number of anilines is 2. The first-order valence-corrected chi connectivity index (χ1v) is 11.0. The van der Waals surface area contributed by atoms with E-state index in [-0.39, 0.29) is 5.91 Å². The molecule has 1 aromatic heterocycles. The molecular weight excluding hydrogens is 362 g/mol. The predicted octanol–water partition coefficient (Wildman–Crippen LogP) is 3.44. The normalized spacial score (nSPS) is 21.7. The molecule has 3 heterocycles. The standard InChI is InChI=1S/C23H33N5O/c1-18(10-17-27-14-3-13-24-27)25-20-11-15-26(16-12-20)21-5-7-22(8-6-21)28-19(2)4-9-23(28)29/h3,5-8,13-14,18-20,25H,4,9-12,15-17H2,1-2H3. The summed E-state index contributed by atoms with van der Waals surface area (Å²) < 4.78 is 2.00. The van der Waals surface area contributed by atoms with Gasteiger partial charge < -0.3 is 15.1 Å². The summed E-state index contributed by atoms with van der Waals surface area (Å²) in [4.78, 5) is 16.5. The van der Waals surface area contributed by atoms with Crippen molar-refractivity contribution in [3.05, 3.63) is 42.7 Å². The number of hydrogen-bond donors (Lipinski definition) is 1. The van der Waals surface area contributed by atoms with Gasteiger partial charge in [-0.1, -0.05) is 0 Å². The summed E-state index contributed by atoms with van der Waals surface area (Å²) in [6.07, 6.45) is 8.91. The van der Waals surface area contributed by atoms with Gasteiger partial charge in [0.15, 0.2) is 0 Å². The molecule has 156 valence electrons. The molecule has 2 unspecified atom stereocenters. The predicted molar refractivity (Wildman–Crippen MR) is 117 cm³/mol. The van der Waals surface area contributed by atoms with E-state index in [0.29, 0.717) is 24.5 Å². The number of nitrogens with one attached hydrogen (secondary N) is 1. The second-order valence-corrected chi connectivity index (χ2v) is 8.55. The highest BCUT2D eigenvalue weighted by atomic mass is 16.2. The van der Waals surface area contributed by atoms with Crippen LogP contribution in [-0.2, 0) is 11.3 Å². The van der Waals surface area contributed by atoms with Crippen LogP contribution in [0.25, 0.3) is 0 Å². The summed E-state index contributed by atoms with van der Waals surface area (Å²) >= 11 is 0. The fourth-order valence-electron chi connectivity index (χ4n) is 4.60. The Balaban J connectivity index is 1.24. The number of benzene rings is 1. The largest absolute Gasteiger partial charge is 0.371 e. The topological polar surface area (TPSA) is 53.4 Å². The number of hydrogen-bond acceptors (Lipinski definition) is 4. The van der Waals surface area contributed by atoms with Crippen LogP contribution in [0.2, 0.25) is 0 Å². The number of carbonyl (C=O) groups is 1. The summed E-state index contributed by atoms with van der Waals surface area (Å²) in [6, 6.07) is 11.9. The molecule has 0 radical (unpaired) electrons. The third-order valence-corrected chi connectivity index (χ3v) is 6.34. The maximum absolute atomic E-state index is 12.1. The molecule has 0 saturated carbocycles. The molecule has 0 bridgehead atoms. The first-order chi connectivity index (χ1) is 14.1. The average molecular weight is 396 g/mol. The van der Waals surface area contributed by atoms with Crippen LogP contribution in [-0.4, -0.2) is 46.9 Å². The second kappa shape index (κ2) is 8.99. The lowest BCUT2D eigenvalue weighted by Crippen LogP contribution is -2.45. The summed E-state index contributed by atoms with van der Waals surface area (Å²) in [5.74, 6) is 0.249. The van der Waals surface area contributed by atoms with Gasteiger partial charge in [-0.05, 0) is 69.9 Å². The molecule has 1 N–H and O–H groups in total. The van der Waals surface area contributed by atoms with Gasteiger partial charge in [-0.15, -0.1) is 0 Å². The lowest BCUT2D eigenvalue weighted by atomic mass is 10.0. The van der Waals surface area contributed by atoms with Crippen molar-refractivity contribution in [2.75, 3.05) is 22.9 Å². The fraction of sp³-hybridized carbons (Fsp3) is 0.565. The van der Waals surface area contributed by atoms with Crippen LogP contribution in [0.4, 0.5) is 11.4 Å². The van der Waals surface area contributed by atoms with Gasteiger partial charge in [0, 0.05) is 67.9 Å². The number of amides is 1. The molecule has 2 aromatic rings.